The van der Waals surface area contributed by atoms with Crippen LogP contribution in [0.15, 0.2) is 84.9 Å². The van der Waals surface area contributed by atoms with Crippen LogP contribution in [0.4, 0.5) is 17.1 Å². The van der Waals surface area contributed by atoms with Crippen molar-refractivity contribution in [3.63, 3.8) is 0 Å². The van der Waals surface area contributed by atoms with Gasteiger partial charge in [-0.3, -0.25) is 0 Å². The van der Waals surface area contributed by atoms with Gasteiger partial charge in [0, 0.05) is 17.1 Å². The molecule has 0 bridgehead atoms. The maximum absolute atomic E-state index is 9.67. The molecule has 0 fully saturated rings. The molecule has 0 aliphatic carbocycles. The third-order valence-electron chi connectivity index (χ3n) is 3.66. The number of nitrogens with zero attached hydrogens (tertiary/aromatic N) is 1. The molecule has 0 amide bonds. The van der Waals surface area contributed by atoms with Crippen LogP contribution in [0.25, 0.3) is 0 Å². The lowest BCUT2D eigenvalue weighted by molar-refractivity contribution is 0.594. The number of anilines is 3. The summed E-state index contributed by atoms with van der Waals surface area (Å²) in [5.74, 6) is 0. The van der Waals surface area contributed by atoms with E-state index >= 15 is 0 Å². The van der Waals surface area contributed by atoms with Gasteiger partial charge in [-0.1, -0.05) is 55.4 Å². The largest absolute Gasteiger partial charge is 0.447 e. The summed E-state index contributed by atoms with van der Waals surface area (Å²) in [5.41, 5.74) is 4.21. The molecule has 0 aromatic heterocycles. The third-order valence-corrected chi connectivity index (χ3v) is 3.66. The summed E-state index contributed by atoms with van der Waals surface area (Å²) < 4.78 is 0. The van der Waals surface area contributed by atoms with Crippen molar-refractivity contribution in [1.82, 2.24) is 0 Å². The summed E-state index contributed by atoms with van der Waals surface area (Å²) in [7, 11) is 0. The molecule has 108 valence electrons. The predicted octanol–water partition coefficient (Wildman–Crippen LogP) is 3.98. The molecular weight excluding hydrogens is 269 g/mol. The Kier molecular flexibility index (Phi) is 4.26. The lowest BCUT2D eigenvalue weighted by Crippen LogP contribution is -2.25. The van der Waals surface area contributed by atoms with Crippen molar-refractivity contribution in [2.24, 2.45) is 0 Å². The van der Waals surface area contributed by atoms with Gasteiger partial charge in [0.2, 0.25) is 0 Å². The average Bonchev–Trinajstić information content (AvgIpc) is 2.57. The molecule has 0 atom stereocenters. The van der Waals surface area contributed by atoms with Gasteiger partial charge in [-0.15, -0.1) is 0 Å². The third kappa shape index (κ3) is 3.05. The summed E-state index contributed by atoms with van der Waals surface area (Å²) in [6.07, 6.45) is 0. The molecule has 2 nitrogen and oxygen atoms in total. The van der Waals surface area contributed by atoms with Gasteiger partial charge in [-0.05, 0) is 41.9 Å². The molecule has 3 aromatic carbocycles. The lowest BCUT2D eigenvalue weighted by Gasteiger charge is -2.25. The zero-order valence-corrected chi connectivity index (χ0v) is 12.6. The first-order chi connectivity index (χ1) is 10.8. The Hall–Kier alpha value is -2.52. The van der Waals surface area contributed by atoms with E-state index < -0.39 is 6.92 Å². The minimum Gasteiger partial charge on any atom is -0.447 e. The topological polar surface area (TPSA) is 23.5 Å². The predicted molar refractivity (Wildman–Crippen MR) is 94.6 cm³/mol. The van der Waals surface area contributed by atoms with Gasteiger partial charge in [-0.25, -0.2) is 0 Å². The molecule has 3 heteroatoms. The van der Waals surface area contributed by atoms with Crippen LogP contribution in [0.3, 0.4) is 0 Å². The number of para-hydroxylation sites is 2. The van der Waals surface area contributed by atoms with Gasteiger partial charge in [0.25, 0.3) is 0 Å². The van der Waals surface area contributed by atoms with E-state index in [2.05, 4.69) is 29.2 Å². The van der Waals surface area contributed by atoms with Crippen LogP contribution in [-0.2, 0) is 0 Å². The Morgan fingerprint density at radius 1 is 0.636 bits per heavy atom. The van der Waals surface area contributed by atoms with Gasteiger partial charge < -0.3 is 9.92 Å². The molecule has 0 saturated heterocycles. The van der Waals surface area contributed by atoms with E-state index in [-0.39, 0.29) is 0 Å². The van der Waals surface area contributed by atoms with E-state index in [9.17, 15) is 5.02 Å². The monoisotopic (exact) mass is 287 g/mol. The highest BCUT2D eigenvalue weighted by molar-refractivity contribution is 6.64. The summed E-state index contributed by atoms with van der Waals surface area (Å²) in [4.78, 5) is 2.20. The smallest absolute Gasteiger partial charge is 0.320 e. The zero-order chi connectivity index (χ0) is 15.4. The lowest BCUT2D eigenvalue weighted by atomic mass is 9.64. The first kappa shape index (κ1) is 14.4. The highest BCUT2D eigenvalue weighted by Gasteiger charge is 2.12. The van der Waals surface area contributed by atoms with E-state index in [1.807, 2.05) is 60.7 Å². The molecule has 0 heterocycles. The van der Waals surface area contributed by atoms with Gasteiger partial charge in [0.15, 0.2) is 0 Å². The van der Waals surface area contributed by atoms with Crippen LogP contribution in [0.2, 0.25) is 6.82 Å². The molecule has 0 aliphatic heterocycles. The molecule has 22 heavy (non-hydrogen) atoms. The van der Waals surface area contributed by atoms with Crippen molar-refractivity contribution in [2.45, 2.75) is 6.82 Å². The molecule has 0 unspecified atom stereocenters. The molecule has 0 saturated carbocycles. The first-order valence-electron chi connectivity index (χ1n) is 7.44. The minimum absolute atomic E-state index is 0.448. The van der Waals surface area contributed by atoms with E-state index in [1.54, 1.807) is 6.82 Å². The zero-order valence-electron chi connectivity index (χ0n) is 12.6. The van der Waals surface area contributed by atoms with Crippen molar-refractivity contribution >= 4 is 29.4 Å². The Morgan fingerprint density at radius 2 is 1.05 bits per heavy atom. The molecule has 0 aliphatic rings. The molecule has 1 N–H and O–H groups in total. The molecule has 0 radical (unpaired) electrons. The first-order valence-corrected chi connectivity index (χ1v) is 7.44. The maximum atomic E-state index is 9.67. The Bertz CT molecular complexity index is 672. The standard InChI is InChI=1S/C19H18BNO/c1-20(22)16-12-14-19(15-13-16)21(17-8-4-2-5-9-17)18-10-6-3-7-11-18/h2-15,22H,1H3. The number of rotatable bonds is 4. The van der Waals surface area contributed by atoms with Gasteiger partial charge >= 0.3 is 6.92 Å². The van der Waals surface area contributed by atoms with Gasteiger partial charge in [-0.2, -0.15) is 0 Å². The molecule has 3 aromatic rings. The van der Waals surface area contributed by atoms with E-state index in [0.717, 1.165) is 22.5 Å². The highest BCUT2D eigenvalue weighted by atomic mass is 16.2. The van der Waals surface area contributed by atoms with E-state index in [0.29, 0.717) is 0 Å². The fraction of sp³-hybridized carbons (Fsp3) is 0.0526. The summed E-state index contributed by atoms with van der Waals surface area (Å²) in [6, 6.07) is 28.6. The van der Waals surface area contributed by atoms with Crippen molar-refractivity contribution < 1.29 is 5.02 Å². The average molecular weight is 287 g/mol. The van der Waals surface area contributed by atoms with Crippen molar-refractivity contribution in [3.05, 3.63) is 84.9 Å². The van der Waals surface area contributed by atoms with Gasteiger partial charge in [0.05, 0.1) is 0 Å². The fourth-order valence-electron chi connectivity index (χ4n) is 2.50. The van der Waals surface area contributed by atoms with Crippen LogP contribution in [0.5, 0.6) is 0 Å². The molecule has 0 spiro atoms. The number of hydrogen-bond donors (Lipinski definition) is 1. The van der Waals surface area contributed by atoms with Crippen LogP contribution in [0, 0.1) is 0 Å². The van der Waals surface area contributed by atoms with E-state index in [4.69, 9.17) is 0 Å². The Balaban J connectivity index is 2.06. The summed E-state index contributed by atoms with van der Waals surface area (Å²) >= 11 is 0. The quantitative estimate of drug-likeness (QED) is 0.734. The summed E-state index contributed by atoms with van der Waals surface area (Å²) in [5, 5.41) is 9.67. The Morgan fingerprint density at radius 3 is 1.45 bits per heavy atom. The molecular formula is C19H18BNO. The van der Waals surface area contributed by atoms with Crippen LogP contribution < -0.4 is 10.4 Å². The van der Waals surface area contributed by atoms with Gasteiger partial charge in [0.1, 0.15) is 0 Å². The number of benzene rings is 3. The van der Waals surface area contributed by atoms with Crippen LogP contribution >= 0.6 is 0 Å². The maximum Gasteiger partial charge on any atom is 0.320 e. The second-order valence-corrected chi connectivity index (χ2v) is 5.27. The minimum atomic E-state index is -0.448. The fourth-order valence-corrected chi connectivity index (χ4v) is 2.50. The SMILES string of the molecule is CB(O)c1ccc(N(c2ccccc2)c2ccccc2)cc1. The van der Waals surface area contributed by atoms with Crippen molar-refractivity contribution in [1.29, 1.82) is 0 Å². The number of hydrogen-bond acceptors (Lipinski definition) is 2. The molecule has 3 rings (SSSR count). The van der Waals surface area contributed by atoms with Crippen LogP contribution in [-0.4, -0.2) is 11.9 Å². The summed E-state index contributed by atoms with van der Waals surface area (Å²) in [6.45, 7) is 1.33. The second kappa shape index (κ2) is 6.50. The van der Waals surface area contributed by atoms with E-state index in [1.165, 1.54) is 0 Å². The van der Waals surface area contributed by atoms with Crippen molar-refractivity contribution in [2.75, 3.05) is 4.90 Å². The Labute approximate surface area is 131 Å². The van der Waals surface area contributed by atoms with Crippen LogP contribution in [0.1, 0.15) is 0 Å². The second-order valence-electron chi connectivity index (χ2n) is 5.27. The van der Waals surface area contributed by atoms with Crippen molar-refractivity contribution in [3.8, 4) is 0 Å². The normalized spacial score (nSPS) is 10.3. The highest BCUT2D eigenvalue weighted by Crippen LogP contribution is 2.33.